The molecular formula is C28H27N3O. The molecule has 0 saturated heterocycles. The van der Waals surface area contributed by atoms with Gasteiger partial charge in [-0.05, 0) is 55.0 Å². The van der Waals surface area contributed by atoms with Gasteiger partial charge in [0.2, 0.25) is 5.91 Å². The molecule has 1 amide bonds. The molecule has 4 nitrogen and oxygen atoms in total. The number of amides is 1. The predicted molar refractivity (Wildman–Crippen MR) is 130 cm³/mol. The topological polar surface area (TPSA) is 46.9 Å². The van der Waals surface area contributed by atoms with Crippen LogP contribution >= 0.6 is 0 Å². The van der Waals surface area contributed by atoms with Crippen LogP contribution in [0, 0.1) is 12.8 Å². The first kappa shape index (κ1) is 19.3. The molecule has 0 unspecified atom stereocenters. The number of benzene rings is 2. The quantitative estimate of drug-likeness (QED) is 0.416. The summed E-state index contributed by atoms with van der Waals surface area (Å²) in [7, 11) is 0. The standard InChI is InChI=1S/C28H27N3O/c1-18-6-8-20(9-7-18)28-27(21-10-11-24-22(14-21)15-26(32)30-24)23-12-13-31(25(23)16-29-28)17-19-4-2-3-5-19/h6-14,16,19H,2-5,15,17H2,1H3,(H,30,32). The molecule has 1 aliphatic heterocycles. The number of aromatic nitrogens is 2. The van der Waals surface area contributed by atoms with Crippen LogP contribution in [0.25, 0.3) is 33.3 Å². The van der Waals surface area contributed by atoms with Gasteiger partial charge < -0.3 is 9.88 Å². The van der Waals surface area contributed by atoms with Crippen LogP contribution in [-0.2, 0) is 17.8 Å². The third-order valence-electron chi connectivity index (χ3n) is 7.10. The molecule has 6 rings (SSSR count). The van der Waals surface area contributed by atoms with Crippen molar-refractivity contribution >= 4 is 22.5 Å². The third kappa shape index (κ3) is 3.31. The summed E-state index contributed by atoms with van der Waals surface area (Å²) in [5, 5.41) is 4.18. The van der Waals surface area contributed by atoms with Gasteiger partial charge in [0.05, 0.1) is 23.8 Å². The summed E-state index contributed by atoms with van der Waals surface area (Å²) in [6, 6.07) is 17.1. The van der Waals surface area contributed by atoms with Crippen molar-refractivity contribution in [1.29, 1.82) is 0 Å². The number of carbonyl (C=O) groups excluding carboxylic acids is 1. The van der Waals surface area contributed by atoms with Gasteiger partial charge in [-0.15, -0.1) is 0 Å². The normalized spacial score (nSPS) is 16.0. The molecule has 0 atom stereocenters. The fourth-order valence-corrected chi connectivity index (χ4v) is 5.40. The number of pyridine rings is 1. The van der Waals surface area contributed by atoms with Crippen LogP contribution in [0.5, 0.6) is 0 Å². The highest BCUT2D eigenvalue weighted by Crippen LogP contribution is 2.39. The summed E-state index contributed by atoms with van der Waals surface area (Å²) < 4.78 is 2.39. The minimum Gasteiger partial charge on any atom is -0.346 e. The van der Waals surface area contributed by atoms with Crippen LogP contribution in [0.15, 0.2) is 60.9 Å². The molecule has 1 fully saturated rings. The van der Waals surface area contributed by atoms with Crippen molar-refractivity contribution in [3.05, 3.63) is 72.1 Å². The number of nitrogens with one attached hydrogen (secondary N) is 1. The Labute approximate surface area is 188 Å². The van der Waals surface area contributed by atoms with E-state index in [1.54, 1.807) is 0 Å². The average Bonchev–Trinajstić information content (AvgIpc) is 3.53. The van der Waals surface area contributed by atoms with Crippen LogP contribution < -0.4 is 5.32 Å². The molecule has 2 aliphatic rings. The van der Waals surface area contributed by atoms with Crippen LogP contribution in [0.1, 0.15) is 36.8 Å². The Morgan fingerprint density at radius 2 is 1.81 bits per heavy atom. The largest absolute Gasteiger partial charge is 0.346 e. The smallest absolute Gasteiger partial charge is 0.228 e. The van der Waals surface area contributed by atoms with E-state index in [4.69, 9.17) is 4.98 Å². The number of aryl methyl sites for hydroxylation is 1. The maximum Gasteiger partial charge on any atom is 0.228 e. The molecule has 0 radical (unpaired) electrons. The lowest BCUT2D eigenvalue weighted by atomic mass is 9.94. The molecular weight excluding hydrogens is 394 g/mol. The van der Waals surface area contributed by atoms with Crippen LogP contribution in [0.4, 0.5) is 5.69 Å². The van der Waals surface area contributed by atoms with E-state index in [0.29, 0.717) is 6.42 Å². The Kier molecular flexibility index (Phi) is 4.60. The molecule has 0 spiro atoms. The number of anilines is 1. The Morgan fingerprint density at radius 3 is 2.62 bits per heavy atom. The lowest BCUT2D eigenvalue weighted by molar-refractivity contribution is -0.115. The number of hydrogen-bond acceptors (Lipinski definition) is 2. The van der Waals surface area contributed by atoms with E-state index in [0.717, 1.165) is 46.1 Å². The second kappa shape index (κ2) is 7.63. The molecule has 160 valence electrons. The van der Waals surface area contributed by atoms with Gasteiger partial charge in [-0.25, -0.2) is 0 Å². The zero-order valence-electron chi connectivity index (χ0n) is 18.4. The van der Waals surface area contributed by atoms with E-state index in [2.05, 4.69) is 65.5 Å². The van der Waals surface area contributed by atoms with E-state index < -0.39 is 0 Å². The highest BCUT2D eigenvalue weighted by molar-refractivity contribution is 6.04. The van der Waals surface area contributed by atoms with Crippen molar-refractivity contribution in [1.82, 2.24) is 9.55 Å². The highest BCUT2D eigenvalue weighted by atomic mass is 16.1. The average molecular weight is 422 g/mol. The number of fused-ring (bicyclic) bond motifs is 2. The van der Waals surface area contributed by atoms with Crippen molar-refractivity contribution in [2.75, 3.05) is 5.32 Å². The number of carbonyl (C=O) groups is 1. The van der Waals surface area contributed by atoms with Gasteiger partial charge >= 0.3 is 0 Å². The summed E-state index contributed by atoms with van der Waals surface area (Å²) in [5.74, 6) is 0.831. The van der Waals surface area contributed by atoms with Crippen molar-refractivity contribution in [2.45, 2.75) is 45.6 Å². The van der Waals surface area contributed by atoms with Crippen molar-refractivity contribution < 1.29 is 4.79 Å². The summed E-state index contributed by atoms with van der Waals surface area (Å²) in [6.45, 7) is 3.17. The van der Waals surface area contributed by atoms with E-state index in [1.807, 2.05) is 12.3 Å². The van der Waals surface area contributed by atoms with E-state index in [-0.39, 0.29) is 5.91 Å². The van der Waals surface area contributed by atoms with Crippen LogP contribution in [0.2, 0.25) is 0 Å². The second-order valence-corrected chi connectivity index (χ2v) is 9.36. The lowest BCUT2D eigenvalue weighted by Crippen LogP contribution is -2.06. The van der Waals surface area contributed by atoms with Gasteiger partial charge in [0.15, 0.2) is 0 Å². The van der Waals surface area contributed by atoms with Crippen molar-refractivity contribution in [3.63, 3.8) is 0 Å². The Bertz CT molecular complexity index is 1330. The predicted octanol–water partition coefficient (Wildman–Crippen LogP) is 6.36. The molecule has 1 saturated carbocycles. The molecule has 4 aromatic rings. The SMILES string of the molecule is Cc1ccc(-c2ncc3c(ccn3CC3CCCC3)c2-c2ccc3c(c2)CC(=O)N3)cc1. The van der Waals surface area contributed by atoms with Gasteiger partial charge in [0.25, 0.3) is 0 Å². The Morgan fingerprint density at radius 1 is 1.03 bits per heavy atom. The maximum absolute atomic E-state index is 11.9. The zero-order valence-corrected chi connectivity index (χ0v) is 18.4. The summed E-state index contributed by atoms with van der Waals surface area (Å²) in [4.78, 5) is 16.9. The highest BCUT2D eigenvalue weighted by Gasteiger charge is 2.22. The summed E-state index contributed by atoms with van der Waals surface area (Å²) in [6.07, 6.45) is 10.1. The molecule has 1 aliphatic carbocycles. The summed E-state index contributed by atoms with van der Waals surface area (Å²) >= 11 is 0. The zero-order chi connectivity index (χ0) is 21.7. The van der Waals surface area contributed by atoms with Gasteiger partial charge in [0.1, 0.15) is 0 Å². The Hall–Kier alpha value is -3.40. The first-order chi connectivity index (χ1) is 15.7. The van der Waals surface area contributed by atoms with E-state index in [1.165, 1.54) is 42.1 Å². The molecule has 32 heavy (non-hydrogen) atoms. The molecule has 3 heterocycles. The first-order valence-electron chi connectivity index (χ1n) is 11.6. The Balaban J connectivity index is 1.53. The van der Waals surface area contributed by atoms with Crippen molar-refractivity contribution in [2.24, 2.45) is 5.92 Å². The second-order valence-electron chi connectivity index (χ2n) is 9.36. The van der Waals surface area contributed by atoms with Gasteiger partial charge in [-0.3, -0.25) is 9.78 Å². The number of nitrogens with zero attached hydrogens (tertiary/aromatic N) is 2. The fraction of sp³-hybridized carbons (Fsp3) is 0.286. The van der Waals surface area contributed by atoms with Gasteiger partial charge in [-0.2, -0.15) is 0 Å². The first-order valence-corrected chi connectivity index (χ1v) is 11.6. The van der Waals surface area contributed by atoms with Gasteiger partial charge in [0, 0.05) is 34.9 Å². The van der Waals surface area contributed by atoms with Crippen LogP contribution in [0.3, 0.4) is 0 Å². The molecule has 4 heteroatoms. The van der Waals surface area contributed by atoms with E-state index in [9.17, 15) is 4.79 Å². The fourth-order valence-electron chi connectivity index (χ4n) is 5.40. The van der Waals surface area contributed by atoms with E-state index >= 15 is 0 Å². The number of rotatable bonds is 4. The van der Waals surface area contributed by atoms with Crippen molar-refractivity contribution in [3.8, 4) is 22.4 Å². The third-order valence-corrected chi connectivity index (χ3v) is 7.10. The van der Waals surface area contributed by atoms with Gasteiger partial charge in [-0.1, -0.05) is 48.7 Å². The molecule has 2 aromatic heterocycles. The monoisotopic (exact) mass is 421 g/mol. The lowest BCUT2D eigenvalue weighted by Gasteiger charge is -2.15. The maximum atomic E-state index is 11.9. The van der Waals surface area contributed by atoms with Crippen LogP contribution in [-0.4, -0.2) is 15.5 Å². The molecule has 0 bridgehead atoms. The minimum absolute atomic E-state index is 0.0648. The minimum atomic E-state index is 0.0648. The molecule has 1 N–H and O–H groups in total. The molecule has 2 aromatic carbocycles. The number of hydrogen-bond donors (Lipinski definition) is 1. The summed E-state index contributed by atoms with van der Waals surface area (Å²) in [5.41, 5.74) is 8.79.